The minimum Gasteiger partial charge on any atom is -0.497 e. The lowest BCUT2D eigenvalue weighted by Gasteiger charge is -2.35. The molecule has 2 aliphatic rings. The van der Waals surface area contributed by atoms with E-state index >= 15 is 0 Å². The van der Waals surface area contributed by atoms with Crippen molar-refractivity contribution >= 4 is 15.7 Å². The Bertz CT molecular complexity index is 922. The first kappa shape index (κ1) is 18.0. The van der Waals surface area contributed by atoms with Crippen LogP contribution >= 0.6 is 0 Å². The molecule has 8 heteroatoms. The number of hydrogen-bond acceptors (Lipinski definition) is 5. The summed E-state index contributed by atoms with van der Waals surface area (Å²) in [5, 5.41) is 0. The van der Waals surface area contributed by atoms with Crippen molar-refractivity contribution in [2.75, 3.05) is 25.2 Å². The summed E-state index contributed by atoms with van der Waals surface area (Å²) in [5.74, 6) is 0.816. The third-order valence-corrected chi connectivity index (χ3v) is 7.28. The topological polar surface area (TPSA) is 92.4 Å². The molecule has 2 aliphatic heterocycles. The van der Waals surface area contributed by atoms with Crippen molar-refractivity contribution in [2.45, 2.75) is 25.3 Å². The number of carbonyl (C=O) groups excluding carboxylic acids is 1. The van der Waals surface area contributed by atoms with Gasteiger partial charge in [-0.25, -0.2) is 13.4 Å². The van der Waals surface area contributed by atoms with Crippen LogP contribution in [0.25, 0.3) is 0 Å². The second kappa shape index (κ2) is 6.99. The van der Waals surface area contributed by atoms with Crippen molar-refractivity contribution < 1.29 is 17.9 Å². The van der Waals surface area contributed by atoms with Gasteiger partial charge in [-0.05, 0) is 30.5 Å². The number of imidazole rings is 1. The number of nitrogens with one attached hydrogen (secondary N) is 1. The maximum Gasteiger partial charge on any atom is 0.226 e. The van der Waals surface area contributed by atoms with Crippen LogP contribution in [0.5, 0.6) is 5.75 Å². The second-order valence-corrected chi connectivity index (χ2v) is 9.54. The second-order valence-electron chi connectivity index (χ2n) is 7.24. The summed E-state index contributed by atoms with van der Waals surface area (Å²) in [7, 11) is -1.35. The molecule has 0 aliphatic carbocycles. The highest BCUT2D eigenvalue weighted by Crippen LogP contribution is 2.34. The van der Waals surface area contributed by atoms with E-state index in [0.29, 0.717) is 25.9 Å². The zero-order chi connectivity index (χ0) is 19.0. The number of carbonyl (C=O) groups is 1. The first-order valence-electron chi connectivity index (χ1n) is 9.12. The number of aromatic nitrogens is 2. The van der Waals surface area contributed by atoms with Crippen molar-refractivity contribution in [2.24, 2.45) is 5.92 Å². The fourth-order valence-electron chi connectivity index (χ4n) is 3.98. The fourth-order valence-corrected chi connectivity index (χ4v) is 5.47. The normalized spacial score (nSPS) is 22.3. The average Bonchev–Trinajstić information content (AvgIpc) is 3.15. The monoisotopic (exact) mass is 389 g/mol. The van der Waals surface area contributed by atoms with Gasteiger partial charge in [0.25, 0.3) is 0 Å². The van der Waals surface area contributed by atoms with Gasteiger partial charge >= 0.3 is 0 Å². The predicted octanol–water partition coefficient (Wildman–Crippen LogP) is 1.72. The number of fused-ring (bicyclic) bond motifs is 1. The summed E-state index contributed by atoms with van der Waals surface area (Å²) in [6, 6.07) is 7.83. The molecule has 27 heavy (non-hydrogen) atoms. The van der Waals surface area contributed by atoms with Crippen LogP contribution in [-0.2, 0) is 21.2 Å². The van der Waals surface area contributed by atoms with E-state index in [1.807, 2.05) is 29.2 Å². The molecule has 0 spiro atoms. The molecule has 1 unspecified atom stereocenters. The SMILES string of the molecule is COc1ccc(C2CN(C(=O)C3CCS(=O)(=O)CC3)Cc3[nH]cnc32)cc1. The number of amides is 1. The molecule has 1 saturated heterocycles. The third kappa shape index (κ3) is 3.58. The number of nitrogens with zero attached hydrogens (tertiary/aromatic N) is 2. The van der Waals surface area contributed by atoms with Gasteiger partial charge in [-0.15, -0.1) is 0 Å². The maximum atomic E-state index is 13.0. The molecule has 2 aromatic rings. The van der Waals surface area contributed by atoms with E-state index in [4.69, 9.17) is 4.74 Å². The molecular formula is C19H23N3O4S. The number of aromatic amines is 1. The Hall–Kier alpha value is -2.35. The smallest absolute Gasteiger partial charge is 0.226 e. The molecule has 1 aromatic heterocycles. The molecule has 3 heterocycles. The van der Waals surface area contributed by atoms with Crippen LogP contribution in [-0.4, -0.2) is 54.4 Å². The Morgan fingerprint density at radius 3 is 2.59 bits per heavy atom. The Labute approximate surface area is 158 Å². The first-order valence-corrected chi connectivity index (χ1v) is 10.9. The summed E-state index contributed by atoms with van der Waals surface area (Å²) < 4.78 is 28.6. The zero-order valence-corrected chi connectivity index (χ0v) is 16.0. The van der Waals surface area contributed by atoms with E-state index < -0.39 is 9.84 Å². The number of methoxy groups -OCH3 is 1. The Morgan fingerprint density at radius 2 is 1.93 bits per heavy atom. The number of rotatable bonds is 3. The fraction of sp³-hybridized carbons (Fsp3) is 0.474. The average molecular weight is 389 g/mol. The van der Waals surface area contributed by atoms with Crippen LogP contribution < -0.4 is 4.74 Å². The highest BCUT2D eigenvalue weighted by Gasteiger charge is 2.36. The van der Waals surface area contributed by atoms with Gasteiger partial charge in [0.15, 0.2) is 0 Å². The Morgan fingerprint density at radius 1 is 1.22 bits per heavy atom. The molecule has 0 bridgehead atoms. The van der Waals surface area contributed by atoms with Gasteiger partial charge in [0.1, 0.15) is 15.6 Å². The van der Waals surface area contributed by atoms with Gasteiger partial charge in [0.2, 0.25) is 5.91 Å². The van der Waals surface area contributed by atoms with Crippen molar-refractivity contribution in [1.82, 2.24) is 14.9 Å². The van der Waals surface area contributed by atoms with Crippen molar-refractivity contribution in [3.63, 3.8) is 0 Å². The largest absolute Gasteiger partial charge is 0.497 e. The molecule has 4 rings (SSSR count). The Balaban J connectivity index is 1.56. The Kier molecular flexibility index (Phi) is 4.67. The van der Waals surface area contributed by atoms with Crippen LogP contribution in [0.1, 0.15) is 35.7 Å². The number of H-pyrrole nitrogens is 1. The molecule has 0 saturated carbocycles. The van der Waals surface area contributed by atoms with Gasteiger partial charge in [-0.1, -0.05) is 12.1 Å². The van der Waals surface area contributed by atoms with Gasteiger partial charge in [-0.2, -0.15) is 0 Å². The number of benzene rings is 1. The van der Waals surface area contributed by atoms with Crippen molar-refractivity contribution in [1.29, 1.82) is 0 Å². The van der Waals surface area contributed by atoms with Crippen molar-refractivity contribution in [3.05, 3.63) is 47.5 Å². The van der Waals surface area contributed by atoms with Gasteiger partial charge in [0.05, 0.1) is 42.9 Å². The van der Waals surface area contributed by atoms with E-state index in [2.05, 4.69) is 9.97 Å². The summed E-state index contributed by atoms with van der Waals surface area (Å²) in [6.45, 7) is 1.04. The van der Waals surface area contributed by atoms with Crippen LogP contribution in [0, 0.1) is 5.92 Å². The molecule has 1 fully saturated rings. The van der Waals surface area contributed by atoms with Crippen LogP contribution in [0.3, 0.4) is 0 Å². The standard InChI is InChI=1S/C19H23N3O4S/c1-26-15-4-2-13(3-5-15)16-10-22(11-17-18(16)21-12-20-17)19(23)14-6-8-27(24,25)9-7-14/h2-5,12,14,16H,6-11H2,1H3,(H,20,21). The van der Waals surface area contributed by atoms with E-state index in [1.54, 1.807) is 13.4 Å². The molecule has 1 N–H and O–H groups in total. The molecule has 144 valence electrons. The minimum absolute atomic E-state index is 0.0119. The summed E-state index contributed by atoms with van der Waals surface area (Å²) in [6.07, 6.45) is 2.50. The van der Waals surface area contributed by atoms with Gasteiger partial charge in [-0.3, -0.25) is 4.79 Å². The highest BCUT2D eigenvalue weighted by molar-refractivity contribution is 7.91. The molecule has 0 radical (unpaired) electrons. The highest BCUT2D eigenvalue weighted by atomic mass is 32.2. The lowest BCUT2D eigenvalue weighted by Crippen LogP contribution is -2.43. The van der Waals surface area contributed by atoms with Crippen LogP contribution in [0.4, 0.5) is 0 Å². The molecular weight excluding hydrogens is 366 g/mol. The molecule has 7 nitrogen and oxygen atoms in total. The summed E-state index contributed by atoms with van der Waals surface area (Å²) in [4.78, 5) is 22.5. The van der Waals surface area contributed by atoms with E-state index in [9.17, 15) is 13.2 Å². The molecule has 1 amide bonds. The summed E-state index contributed by atoms with van der Waals surface area (Å²) >= 11 is 0. The number of ether oxygens (including phenoxy) is 1. The molecule has 1 atom stereocenters. The summed E-state index contributed by atoms with van der Waals surface area (Å²) in [5.41, 5.74) is 2.99. The van der Waals surface area contributed by atoms with Crippen molar-refractivity contribution in [3.8, 4) is 5.75 Å². The lowest BCUT2D eigenvalue weighted by molar-refractivity contribution is -0.137. The van der Waals surface area contributed by atoms with Gasteiger partial charge < -0.3 is 14.6 Å². The quantitative estimate of drug-likeness (QED) is 0.863. The lowest BCUT2D eigenvalue weighted by atomic mass is 9.89. The first-order chi connectivity index (χ1) is 13.0. The zero-order valence-electron chi connectivity index (χ0n) is 15.2. The minimum atomic E-state index is -2.98. The van der Waals surface area contributed by atoms with E-state index in [0.717, 1.165) is 22.7 Å². The number of hydrogen-bond donors (Lipinski definition) is 1. The maximum absolute atomic E-state index is 13.0. The van der Waals surface area contributed by atoms with Gasteiger partial charge in [0, 0.05) is 18.4 Å². The predicted molar refractivity (Wildman–Crippen MR) is 100 cm³/mol. The third-order valence-electron chi connectivity index (χ3n) is 5.57. The van der Waals surface area contributed by atoms with Crippen LogP contribution in [0.15, 0.2) is 30.6 Å². The van der Waals surface area contributed by atoms with E-state index in [1.165, 1.54) is 0 Å². The molecule has 1 aromatic carbocycles. The van der Waals surface area contributed by atoms with E-state index in [-0.39, 0.29) is 29.2 Å². The number of sulfone groups is 1. The van der Waals surface area contributed by atoms with Crippen LogP contribution in [0.2, 0.25) is 0 Å².